The maximum absolute atomic E-state index is 13.1. The van der Waals surface area contributed by atoms with Gasteiger partial charge in [0.25, 0.3) is 0 Å². The summed E-state index contributed by atoms with van der Waals surface area (Å²) in [6, 6.07) is 2.76. The minimum atomic E-state index is -4.66. The van der Waals surface area contributed by atoms with E-state index in [0.717, 1.165) is 12.1 Å². The Kier molecular flexibility index (Phi) is 5.24. The molecule has 0 atom stereocenters. The van der Waals surface area contributed by atoms with Crippen molar-refractivity contribution in [3.8, 4) is 0 Å². The smallest absolute Gasteiger partial charge is 0.373 e. The van der Waals surface area contributed by atoms with E-state index >= 15 is 0 Å². The van der Waals surface area contributed by atoms with Crippen LogP contribution in [0.1, 0.15) is 5.56 Å². The summed E-state index contributed by atoms with van der Waals surface area (Å²) in [5.41, 5.74) is -1.10. The molecule has 9 heteroatoms. The molecule has 0 heterocycles. The van der Waals surface area contributed by atoms with Gasteiger partial charge in [-0.25, -0.2) is 13.6 Å². The summed E-state index contributed by atoms with van der Waals surface area (Å²) in [6.45, 7) is 0.926. The second-order valence-corrected chi connectivity index (χ2v) is 6.51. The molecule has 0 saturated carbocycles. The topological polar surface area (TPSA) is 66.6 Å². The van der Waals surface area contributed by atoms with E-state index in [2.05, 4.69) is 0 Å². The number of nitrogens with two attached hydrogens (primary N) is 1. The minimum Gasteiger partial charge on any atom is -0.373 e. The average Bonchev–Trinajstić information content (AvgIpc) is 2.33. The molecular formula is C12H18F3N3O2S. The SMILES string of the molecule is CN(C)CCN(C)c1ccc(S(N)(=O)=O)cc1C(F)(F)F. The van der Waals surface area contributed by atoms with Gasteiger partial charge in [-0.2, -0.15) is 13.2 Å². The Balaban J connectivity index is 3.26. The molecule has 21 heavy (non-hydrogen) atoms. The first kappa shape index (κ1) is 17.7. The van der Waals surface area contributed by atoms with Gasteiger partial charge < -0.3 is 9.80 Å². The molecule has 1 rings (SSSR count). The normalized spacial score (nSPS) is 12.8. The van der Waals surface area contributed by atoms with Gasteiger partial charge in [-0.1, -0.05) is 0 Å². The third-order valence-corrected chi connectivity index (χ3v) is 3.81. The molecule has 0 saturated heterocycles. The molecule has 2 N–H and O–H groups in total. The summed E-state index contributed by atoms with van der Waals surface area (Å²) in [5, 5.41) is 4.88. The van der Waals surface area contributed by atoms with E-state index in [1.165, 1.54) is 11.9 Å². The van der Waals surface area contributed by atoms with Crippen LogP contribution in [0.5, 0.6) is 0 Å². The molecule has 0 aliphatic carbocycles. The standard InChI is InChI=1S/C12H18F3N3O2S/c1-17(2)6-7-18(3)11-5-4-9(21(16,19)20)8-10(11)12(13,14)15/h4-5,8H,6-7H2,1-3H3,(H2,16,19,20). The lowest BCUT2D eigenvalue weighted by atomic mass is 10.1. The Morgan fingerprint density at radius 3 is 2.14 bits per heavy atom. The zero-order chi connectivity index (χ0) is 16.4. The van der Waals surface area contributed by atoms with Crippen molar-refractivity contribution in [1.82, 2.24) is 4.90 Å². The molecule has 120 valence electrons. The third kappa shape index (κ3) is 4.87. The van der Waals surface area contributed by atoms with Crippen LogP contribution >= 0.6 is 0 Å². The van der Waals surface area contributed by atoms with Crippen LogP contribution in [-0.2, 0) is 16.2 Å². The Labute approximate surface area is 122 Å². The summed E-state index contributed by atoms with van der Waals surface area (Å²) in [6.07, 6.45) is -4.66. The molecule has 1 aromatic rings. The predicted molar refractivity (Wildman–Crippen MR) is 74.6 cm³/mol. The zero-order valence-electron chi connectivity index (χ0n) is 12.0. The predicted octanol–water partition coefficient (Wildman–Crippen LogP) is 1.35. The number of halogens is 3. The summed E-state index contributed by atoms with van der Waals surface area (Å²) >= 11 is 0. The average molecular weight is 325 g/mol. The molecule has 0 aliphatic rings. The number of alkyl halides is 3. The Hall–Kier alpha value is -1.32. The molecule has 1 aromatic carbocycles. The number of nitrogens with zero attached hydrogens (tertiary/aromatic N) is 2. The summed E-state index contributed by atoms with van der Waals surface area (Å²) in [7, 11) is 0.954. The zero-order valence-corrected chi connectivity index (χ0v) is 12.8. The van der Waals surface area contributed by atoms with Crippen LogP contribution in [0.4, 0.5) is 18.9 Å². The molecule has 0 fully saturated rings. The van der Waals surface area contributed by atoms with E-state index in [9.17, 15) is 21.6 Å². The van der Waals surface area contributed by atoms with Gasteiger partial charge in [-0.05, 0) is 32.3 Å². The highest BCUT2D eigenvalue weighted by Crippen LogP contribution is 2.37. The maximum atomic E-state index is 13.1. The summed E-state index contributed by atoms with van der Waals surface area (Å²) in [5.74, 6) is 0. The molecule has 0 aliphatic heterocycles. The first-order valence-electron chi connectivity index (χ1n) is 6.03. The van der Waals surface area contributed by atoms with Crippen LogP contribution < -0.4 is 10.0 Å². The van der Waals surface area contributed by atoms with Crippen LogP contribution in [-0.4, -0.2) is 47.6 Å². The largest absolute Gasteiger partial charge is 0.418 e. The van der Waals surface area contributed by atoms with Crippen molar-refractivity contribution in [3.63, 3.8) is 0 Å². The number of rotatable bonds is 5. The summed E-state index contributed by atoms with van der Waals surface area (Å²) < 4.78 is 61.7. The fraction of sp³-hybridized carbons (Fsp3) is 0.500. The first-order chi connectivity index (χ1) is 9.43. The van der Waals surface area contributed by atoms with Gasteiger partial charge in [0, 0.05) is 25.8 Å². The highest BCUT2D eigenvalue weighted by atomic mass is 32.2. The van der Waals surface area contributed by atoms with E-state index in [1.54, 1.807) is 0 Å². The lowest BCUT2D eigenvalue weighted by Crippen LogP contribution is -2.30. The van der Waals surface area contributed by atoms with Crippen LogP contribution in [0.3, 0.4) is 0 Å². The number of primary sulfonamides is 1. The number of hydrogen-bond acceptors (Lipinski definition) is 4. The Morgan fingerprint density at radius 1 is 1.14 bits per heavy atom. The molecule has 0 radical (unpaired) electrons. The van der Waals surface area contributed by atoms with Gasteiger partial charge in [0.15, 0.2) is 0 Å². The lowest BCUT2D eigenvalue weighted by molar-refractivity contribution is -0.137. The van der Waals surface area contributed by atoms with E-state index in [4.69, 9.17) is 5.14 Å². The second kappa shape index (κ2) is 6.20. The minimum absolute atomic E-state index is 0.0863. The molecular weight excluding hydrogens is 307 g/mol. The van der Waals surface area contributed by atoms with Crippen LogP contribution in [0.25, 0.3) is 0 Å². The van der Waals surface area contributed by atoms with Crippen molar-refractivity contribution in [2.45, 2.75) is 11.1 Å². The fourth-order valence-electron chi connectivity index (χ4n) is 1.72. The maximum Gasteiger partial charge on any atom is 0.418 e. The van der Waals surface area contributed by atoms with E-state index < -0.39 is 26.7 Å². The van der Waals surface area contributed by atoms with Crippen molar-refractivity contribution in [1.29, 1.82) is 0 Å². The monoisotopic (exact) mass is 325 g/mol. The molecule has 0 spiro atoms. The quantitative estimate of drug-likeness (QED) is 0.887. The number of benzene rings is 1. The van der Waals surface area contributed by atoms with Gasteiger partial charge in [0.2, 0.25) is 10.0 Å². The number of anilines is 1. The van der Waals surface area contributed by atoms with Crippen LogP contribution in [0.2, 0.25) is 0 Å². The van der Waals surface area contributed by atoms with Gasteiger partial charge in [-0.15, -0.1) is 0 Å². The van der Waals surface area contributed by atoms with Crippen molar-refractivity contribution in [2.75, 3.05) is 39.1 Å². The van der Waals surface area contributed by atoms with Gasteiger partial charge >= 0.3 is 6.18 Å². The Bertz CT molecular complexity index is 600. The van der Waals surface area contributed by atoms with Gasteiger partial charge in [0.05, 0.1) is 10.5 Å². The number of hydrogen-bond donors (Lipinski definition) is 1. The molecule has 0 bridgehead atoms. The highest BCUT2D eigenvalue weighted by Gasteiger charge is 2.35. The number of sulfonamides is 1. The Morgan fingerprint density at radius 2 is 1.71 bits per heavy atom. The molecule has 0 aromatic heterocycles. The lowest BCUT2D eigenvalue weighted by Gasteiger charge is -2.25. The van der Waals surface area contributed by atoms with Crippen molar-refractivity contribution >= 4 is 15.7 Å². The third-order valence-electron chi connectivity index (χ3n) is 2.90. The van der Waals surface area contributed by atoms with Crippen LogP contribution in [0.15, 0.2) is 23.1 Å². The van der Waals surface area contributed by atoms with E-state index in [0.29, 0.717) is 19.2 Å². The first-order valence-corrected chi connectivity index (χ1v) is 7.57. The fourth-order valence-corrected chi connectivity index (χ4v) is 2.26. The molecule has 0 unspecified atom stereocenters. The highest BCUT2D eigenvalue weighted by molar-refractivity contribution is 7.89. The van der Waals surface area contributed by atoms with E-state index in [-0.39, 0.29) is 5.69 Å². The molecule has 5 nitrogen and oxygen atoms in total. The van der Waals surface area contributed by atoms with Gasteiger partial charge in [-0.3, -0.25) is 0 Å². The van der Waals surface area contributed by atoms with Gasteiger partial charge in [0.1, 0.15) is 0 Å². The summed E-state index contributed by atoms with van der Waals surface area (Å²) in [4.78, 5) is 2.71. The number of likely N-dealkylation sites (N-methyl/N-ethyl adjacent to an activating group) is 2. The van der Waals surface area contributed by atoms with Crippen molar-refractivity contribution in [2.24, 2.45) is 5.14 Å². The molecule has 0 amide bonds. The second-order valence-electron chi connectivity index (χ2n) is 4.95. The van der Waals surface area contributed by atoms with E-state index in [1.807, 2.05) is 19.0 Å². The van der Waals surface area contributed by atoms with Crippen molar-refractivity contribution in [3.05, 3.63) is 23.8 Å². The van der Waals surface area contributed by atoms with Crippen LogP contribution in [0, 0.1) is 0 Å². The van der Waals surface area contributed by atoms with Crippen molar-refractivity contribution < 1.29 is 21.6 Å².